The van der Waals surface area contributed by atoms with Crippen LogP contribution in [0.2, 0.25) is 0 Å². The third-order valence-corrected chi connectivity index (χ3v) is 5.20. The normalized spacial score (nSPS) is 22.3. The maximum Gasteiger partial charge on any atom is 0.280 e. The molecule has 0 bridgehead atoms. The smallest absolute Gasteiger partial charge is 0.280 e. The standard InChI is InChI=1S/C20H27N3O2/c1-5-18-21-16-11-7-6-10-15(16)19(25)22(18)23-17(13-24)20(23,4)12-8-9-14(2)3/h6-7,9-11,17,24H,5,8,12-13H2,1-4H3/t17-,20+,23?/m0/s1. The number of fused-ring (bicyclic) bond motifs is 1. The largest absolute Gasteiger partial charge is 0.394 e. The van der Waals surface area contributed by atoms with Gasteiger partial charge in [-0.05, 0) is 45.7 Å². The predicted octanol–water partition coefficient (Wildman–Crippen LogP) is 2.78. The number of aryl methyl sites for hydroxylation is 1. The van der Waals surface area contributed by atoms with Crippen LogP contribution in [0.25, 0.3) is 10.9 Å². The summed E-state index contributed by atoms with van der Waals surface area (Å²) in [5.41, 5.74) is 1.75. The third kappa shape index (κ3) is 2.97. The van der Waals surface area contributed by atoms with Crippen LogP contribution in [0, 0.1) is 0 Å². The number of rotatable bonds is 6. The van der Waals surface area contributed by atoms with Gasteiger partial charge in [0.2, 0.25) is 0 Å². The predicted molar refractivity (Wildman–Crippen MR) is 102 cm³/mol. The number of allylic oxidation sites excluding steroid dienone is 2. The van der Waals surface area contributed by atoms with Crippen LogP contribution >= 0.6 is 0 Å². The summed E-state index contributed by atoms with van der Waals surface area (Å²) >= 11 is 0. The van der Waals surface area contributed by atoms with E-state index in [0.717, 1.165) is 24.2 Å². The maximum atomic E-state index is 13.1. The van der Waals surface area contributed by atoms with Crippen molar-refractivity contribution in [3.8, 4) is 0 Å². The second-order valence-electron chi connectivity index (χ2n) is 7.24. The zero-order valence-corrected chi connectivity index (χ0v) is 15.5. The van der Waals surface area contributed by atoms with Gasteiger partial charge in [-0.25, -0.2) is 9.66 Å². The van der Waals surface area contributed by atoms with E-state index in [-0.39, 0.29) is 23.7 Å². The molecular formula is C20H27N3O2. The molecule has 0 saturated carbocycles. The summed E-state index contributed by atoms with van der Waals surface area (Å²) in [4.78, 5) is 17.8. The van der Waals surface area contributed by atoms with Crippen LogP contribution in [0.1, 0.15) is 46.4 Å². The highest BCUT2D eigenvalue weighted by molar-refractivity contribution is 5.77. The van der Waals surface area contributed by atoms with Crippen molar-refractivity contribution in [1.82, 2.24) is 9.66 Å². The number of hydrogen-bond acceptors (Lipinski definition) is 4. The summed E-state index contributed by atoms with van der Waals surface area (Å²) in [7, 11) is 0. The van der Waals surface area contributed by atoms with Crippen LogP contribution in [-0.4, -0.2) is 33.0 Å². The van der Waals surface area contributed by atoms with E-state index >= 15 is 0 Å². The van der Waals surface area contributed by atoms with Gasteiger partial charge in [0.1, 0.15) is 5.82 Å². The van der Waals surface area contributed by atoms with Gasteiger partial charge in [-0.2, -0.15) is 0 Å². The maximum absolute atomic E-state index is 13.1. The van der Waals surface area contributed by atoms with Crippen molar-refractivity contribution in [3.63, 3.8) is 0 Å². The van der Waals surface area contributed by atoms with Gasteiger partial charge >= 0.3 is 0 Å². The highest BCUT2D eigenvalue weighted by atomic mass is 16.3. The Kier molecular flexibility index (Phi) is 4.69. The Balaban J connectivity index is 2.04. The third-order valence-electron chi connectivity index (χ3n) is 5.20. The number of aromatic nitrogens is 2. The molecule has 0 spiro atoms. The van der Waals surface area contributed by atoms with Crippen molar-refractivity contribution in [2.75, 3.05) is 11.6 Å². The molecule has 0 amide bonds. The zero-order chi connectivity index (χ0) is 18.2. The summed E-state index contributed by atoms with van der Waals surface area (Å²) in [6.45, 7) is 8.33. The molecule has 0 radical (unpaired) electrons. The van der Waals surface area contributed by atoms with Crippen LogP contribution in [0.5, 0.6) is 0 Å². The quantitative estimate of drug-likeness (QED) is 0.648. The fourth-order valence-electron chi connectivity index (χ4n) is 3.68. The van der Waals surface area contributed by atoms with E-state index in [1.165, 1.54) is 5.57 Å². The average Bonchev–Trinajstić information content (AvgIpc) is 3.17. The van der Waals surface area contributed by atoms with Crippen molar-refractivity contribution in [2.45, 2.75) is 58.5 Å². The average molecular weight is 341 g/mol. The van der Waals surface area contributed by atoms with Crippen LogP contribution in [0.4, 0.5) is 0 Å². The van der Waals surface area contributed by atoms with Crippen LogP contribution in [0.3, 0.4) is 0 Å². The molecule has 1 aliphatic heterocycles. The summed E-state index contributed by atoms with van der Waals surface area (Å²) in [5.74, 6) is 0.744. The molecule has 1 saturated heterocycles. The van der Waals surface area contributed by atoms with E-state index in [0.29, 0.717) is 11.8 Å². The monoisotopic (exact) mass is 341 g/mol. The van der Waals surface area contributed by atoms with E-state index in [1.807, 2.05) is 36.2 Å². The minimum absolute atomic E-state index is 0.0355. The molecule has 1 N–H and O–H groups in total. The zero-order valence-electron chi connectivity index (χ0n) is 15.5. The minimum atomic E-state index is -0.224. The van der Waals surface area contributed by atoms with Gasteiger partial charge in [0.15, 0.2) is 0 Å². The van der Waals surface area contributed by atoms with Crippen LogP contribution in [0.15, 0.2) is 40.7 Å². The summed E-state index contributed by atoms with van der Waals surface area (Å²) in [5, 5.41) is 12.5. The second kappa shape index (κ2) is 6.64. The number of nitrogens with zero attached hydrogens (tertiary/aromatic N) is 3. The molecule has 2 heterocycles. The molecule has 134 valence electrons. The Morgan fingerprint density at radius 3 is 2.72 bits per heavy atom. The van der Waals surface area contributed by atoms with Gasteiger partial charge in [-0.15, -0.1) is 0 Å². The van der Waals surface area contributed by atoms with E-state index in [2.05, 4.69) is 31.8 Å². The van der Waals surface area contributed by atoms with Crippen molar-refractivity contribution >= 4 is 10.9 Å². The number of aliphatic hydroxyl groups is 1. The molecule has 1 aromatic carbocycles. The summed E-state index contributed by atoms with van der Waals surface area (Å²) in [6, 6.07) is 7.40. The van der Waals surface area contributed by atoms with Gasteiger partial charge in [-0.3, -0.25) is 9.80 Å². The van der Waals surface area contributed by atoms with E-state index < -0.39 is 0 Å². The molecular weight excluding hydrogens is 314 g/mol. The van der Waals surface area contributed by atoms with Gasteiger partial charge in [0, 0.05) is 6.42 Å². The molecule has 5 nitrogen and oxygen atoms in total. The summed E-state index contributed by atoms with van der Waals surface area (Å²) < 4.78 is 1.70. The Morgan fingerprint density at radius 1 is 1.36 bits per heavy atom. The fraction of sp³-hybridized carbons (Fsp3) is 0.500. The van der Waals surface area contributed by atoms with Crippen molar-refractivity contribution in [2.24, 2.45) is 0 Å². The highest BCUT2D eigenvalue weighted by Gasteiger charge is 2.59. The van der Waals surface area contributed by atoms with E-state index in [9.17, 15) is 9.90 Å². The van der Waals surface area contributed by atoms with Gasteiger partial charge in [0.25, 0.3) is 5.56 Å². The molecule has 1 aromatic heterocycles. The SMILES string of the molecule is CCc1nc2ccccc2c(=O)n1N1[C@@H](CO)[C@@]1(C)CCC=C(C)C. The first-order chi connectivity index (χ1) is 11.9. The van der Waals surface area contributed by atoms with Gasteiger partial charge < -0.3 is 5.11 Å². The van der Waals surface area contributed by atoms with E-state index in [1.54, 1.807) is 4.68 Å². The second-order valence-corrected chi connectivity index (χ2v) is 7.24. The first kappa shape index (κ1) is 17.7. The first-order valence-electron chi connectivity index (χ1n) is 8.98. The molecule has 0 unspecified atom stereocenters. The number of para-hydroxylation sites is 1. The molecule has 3 rings (SSSR count). The molecule has 0 aliphatic carbocycles. The highest BCUT2D eigenvalue weighted by Crippen LogP contribution is 2.42. The lowest BCUT2D eigenvalue weighted by Crippen LogP contribution is -2.37. The fourth-order valence-corrected chi connectivity index (χ4v) is 3.68. The Labute approximate surface area is 148 Å². The lowest BCUT2D eigenvalue weighted by atomic mass is 10.0. The lowest BCUT2D eigenvalue weighted by molar-refractivity contribution is 0.287. The molecule has 1 aliphatic rings. The molecule has 2 aromatic rings. The Morgan fingerprint density at radius 2 is 2.08 bits per heavy atom. The van der Waals surface area contributed by atoms with Crippen molar-refractivity contribution in [1.29, 1.82) is 0 Å². The number of benzene rings is 1. The number of aliphatic hydroxyl groups excluding tert-OH is 1. The van der Waals surface area contributed by atoms with E-state index in [4.69, 9.17) is 0 Å². The molecule has 25 heavy (non-hydrogen) atoms. The van der Waals surface area contributed by atoms with Crippen molar-refractivity contribution < 1.29 is 5.11 Å². The van der Waals surface area contributed by atoms with Crippen LogP contribution < -0.4 is 10.6 Å². The summed E-state index contributed by atoms with van der Waals surface area (Å²) in [6.07, 6.45) is 4.70. The Hall–Kier alpha value is -2.14. The molecule has 2 atom stereocenters. The first-order valence-corrected chi connectivity index (χ1v) is 8.98. The lowest BCUT2D eigenvalue weighted by Gasteiger charge is -2.18. The molecule has 1 fully saturated rings. The topological polar surface area (TPSA) is 58.1 Å². The van der Waals surface area contributed by atoms with Gasteiger partial charge in [0.05, 0.1) is 29.1 Å². The number of hydrogen-bond donors (Lipinski definition) is 1. The minimum Gasteiger partial charge on any atom is -0.394 e. The Bertz CT molecular complexity index is 867. The van der Waals surface area contributed by atoms with Crippen molar-refractivity contribution in [3.05, 3.63) is 52.1 Å². The van der Waals surface area contributed by atoms with Crippen LogP contribution in [-0.2, 0) is 6.42 Å². The molecule has 5 heteroatoms. The van der Waals surface area contributed by atoms with Gasteiger partial charge in [-0.1, -0.05) is 30.7 Å².